The molecule has 0 atom stereocenters. The van der Waals surface area contributed by atoms with Crippen LogP contribution in [-0.4, -0.2) is 20.6 Å². The first-order chi connectivity index (χ1) is 13.2. The smallest absolute Gasteiger partial charge is 0.275 e. The van der Waals surface area contributed by atoms with Crippen LogP contribution in [0.1, 0.15) is 21.7 Å². The third-order valence-electron chi connectivity index (χ3n) is 3.95. The first kappa shape index (κ1) is 19.4. The van der Waals surface area contributed by atoms with Crippen LogP contribution in [0.5, 0.6) is 11.5 Å². The van der Waals surface area contributed by atoms with Gasteiger partial charge >= 0.3 is 0 Å². The number of carbonyl (C=O) groups is 1. The number of rotatable bonds is 5. The Bertz CT molecular complexity index is 1080. The van der Waals surface area contributed by atoms with E-state index in [4.69, 9.17) is 16.3 Å². The Morgan fingerprint density at radius 3 is 2.57 bits per heavy atom. The Labute approximate surface area is 165 Å². The average Bonchev–Trinajstić information content (AvgIpc) is 2.86. The number of nitro benzene ring substituents is 1. The first-order valence-corrected chi connectivity index (χ1v) is 8.67. The molecular formula is C19H17ClN4O4. The molecular weight excluding hydrogens is 384 g/mol. The number of nitro groups is 1. The second-order valence-corrected chi connectivity index (χ2v) is 6.59. The number of ether oxygens (including phenoxy) is 1. The van der Waals surface area contributed by atoms with Gasteiger partial charge in [-0.15, -0.1) is 0 Å². The van der Waals surface area contributed by atoms with E-state index in [2.05, 4.69) is 10.4 Å². The number of hydrogen-bond donors (Lipinski definition) is 1. The molecule has 8 nitrogen and oxygen atoms in total. The van der Waals surface area contributed by atoms with Crippen molar-refractivity contribution in [3.05, 3.63) is 74.6 Å². The third-order valence-corrected chi connectivity index (χ3v) is 4.40. The maximum atomic E-state index is 12.6. The number of nitrogens with one attached hydrogen (secondary N) is 1. The normalized spacial score (nSPS) is 10.6. The van der Waals surface area contributed by atoms with Gasteiger partial charge in [-0.3, -0.25) is 19.6 Å². The minimum absolute atomic E-state index is 0.159. The van der Waals surface area contributed by atoms with Crippen LogP contribution in [0.3, 0.4) is 0 Å². The van der Waals surface area contributed by atoms with Gasteiger partial charge in [-0.1, -0.05) is 23.7 Å². The number of halogens is 1. The lowest BCUT2D eigenvalue weighted by molar-refractivity contribution is -0.384. The van der Waals surface area contributed by atoms with Gasteiger partial charge < -0.3 is 10.1 Å². The van der Waals surface area contributed by atoms with Crippen LogP contribution in [0.4, 0.5) is 11.4 Å². The van der Waals surface area contributed by atoms with E-state index in [1.54, 1.807) is 26.1 Å². The summed E-state index contributed by atoms with van der Waals surface area (Å²) in [4.78, 5) is 23.3. The van der Waals surface area contributed by atoms with Crippen LogP contribution in [0.15, 0.2) is 42.5 Å². The number of aryl methyl sites for hydroxylation is 3. The minimum Gasteiger partial charge on any atom is -0.457 e. The summed E-state index contributed by atoms with van der Waals surface area (Å²) in [6.45, 7) is 3.59. The molecule has 28 heavy (non-hydrogen) atoms. The van der Waals surface area contributed by atoms with Gasteiger partial charge in [0.25, 0.3) is 11.6 Å². The highest BCUT2D eigenvalue weighted by Crippen LogP contribution is 2.31. The van der Waals surface area contributed by atoms with E-state index >= 15 is 0 Å². The fraction of sp³-hybridized carbons (Fsp3) is 0.158. The number of aromatic nitrogens is 2. The van der Waals surface area contributed by atoms with Crippen molar-refractivity contribution in [3.8, 4) is 11.5 Å². The minimum atomic E-state index is -0.556. The maximum Gasteiger partial charge on any atom is 0.275 e. The topological polar surface area (TPSA) is 99.3 Å². The van der Waals surface area contributed by atoms with Gasteiger partial charge in [0.15, 0.2) is 0 Å². The van der Waals surface area contributed by atoms with Crippen LogP contribution in [0, 0.1) is 24.0 Å². The molecule has 1 amide bonds. The Morgan fingerprint density at radius 2 is 1.96 bits per heavy atom. The molecule has 1 N–H and O–H groups in total. The highest BCUT2D eigenvalue weighted by Gasteiger charge is 2.20. The van der Waals surface area contributed by atoms with E-state index < -0.39 is 10.8 Å². The van der Waals surface area contributed by atoms with E-state index in [0.717, 1.165) is 5.56 Å². The fourth-order valence-electron chi connectivity index (χ4n) is 2.70. The summed E-state index contributed by atoms with van der Waals surface area (Å²) in [5, 5.41) is 18.2. The lowest BCUT2D eigenvalue weighted by atomic mass is 10.2. The number of non-ortho nitro benzene ring substituents is 1. The van der Waals surface area contributed by atoms with Gasteiger partial charge in [0.2, 0.25) is 0 Å². The monoisotopic (exact) mass is 400 g/mol. The first-order valence-electron chi connectivity index (χ1n) is 8.29. The molecule has 0 saturated carbocycles. The Balaban J connectivity index is 1.93. The molecule has 3 rings (SSSR count). The second-order valence-electron chi connectivity index (χ2n) is 6.22. The van der Waals surface area contributed by atoms with Gasteiger partial charge in [0, 0.05) is 19.2 Å². The van der Waals surface area contributed by atoms with E-state index in [0.29, 0.717) is 11.4 Å². The van der Waals surface area contributed by atoms with E-state index in [1.807, 2.05) is 19.1 Å². The number of nitrogens with zero attached hydrogens (tertiary/aromatic N) is 3. The van der Waals surface area contributed by atoms with Crippen molar-refractivity contribution in [2.75, 3.05) is 5.32 Å². The van der Waals surface area contributed by atoms with Gasteiger partial charge in [0.1, 0.15) is 17.2 Å². The van der Waals surface area contributed by atoms with Crippen molar-refractivity contribution in [2.45, 2.75) is 13.8 Å². The summed E-state index contributed by atoms with van der Waals surface area (Å²) >= 11 is 6.13. The van der Waals surface area contributed by atoms with E-state index in [1.165, 1.54) is 22.9 Å². The number of amides is 1. The van der Waals surface area contributed by atoms with E-state index in [9.17, 15) is 14.9 Å². The SMILES string of the molecule is Cc1cccc(Oc2cc(NC(=O)c3c(Cl)c(C)nn3C)cc([N+](=O)[O-])c2)c1. The molecule has 0 saturated heterocycles. The predicted molar refractivity (Wildman–Crippen MR) is 105 cm³/mol. The number of benzene rings is 2. The zero-order chi connectivity index (χ0) is 20.4. The van der Waals surface area contributed by atoms with E-state index in [-0.39, 0.29) is 27.8 Å². The molecule has 0 aliphatic rings. The zero-order valence-electron chi connectivity index (χ0n) is 15.4. The number of hydrogen-bond acceptors (Lipinski definition) is 5. The fourth-order valence-corrected chi connectivity index (χ4v) is 2.95. The lowest BCUT2D eigenvalue weighted by Gasteiger charge is -2.10. The molecule has 9 heteroatoms. The molecule has 2 aromatic carbocycles. The van der Waals surface area contributed by atoms with Crippen LogP contribution in [0.2, 0.25) is 5.02 Å². The summed E-state index contributed by atoms with van der Waals surface area (Å²) in [5.41, 5.74) is 1.64. The van der Waals surface area contributed by atoms with Crippen molar-refractivity contribution in [2.24, 2.45) is 7.05 Å². The second kappa shape index (κ2) is 7.69. The Morgan fingerprint density at radius 1 is 1.21 bits per heavy atom. The van der Waals surface area contributed by atoms with Crippen molar-refractivity contribution in [3.63, 3.8) is 0 Å². The molecule has 0 radical (unpaired) electrons. The largest absolute Gasteiger partial charge is 0.457 e. The van der Waals surface area contributed by atoms with Gasteiger partial charge in [-0.25, -0.2) is 0 Å². The molecule has 0 aliphatic heterocycles. The quantitative estimate of drug-likeness (QED) is 0.496. The molecule has 1 aromatic heterocycles. The van der Waals surface area contributed by atoms with Crippen LogP contribution in [-0.2, 0) is 7.05 Å². The Kier molecular flexibility index (Phi) is 5.32. The van der Waals surface area contributed by atoms with Crippen molar-refractivity contribution >= 4 is 28.9 Å². The molecule has 3 aromatic rings. The van der Waals surface area contributed by atoms with Crippen molar-refractivity contribution in [1.29, 1.82) is 0 Å². The summed E-state index contributed by atoms with van der Waals surface area (Å²) in [5.74, 6) is 0.223. The van der Waals surface area contributed by atoms with Crippen molar-refractivity contribution < 1.29 is 14.5 Å². The lowest BCUT2D eigenvalue weighted by Crippen LogP contribution is -2.16. The average molecular weight is 401 g/mol. The zero-order valence-corrected chi connectivity index (χ0v) is 16.1. The summed E-state index contributed by atoms with van der Waals surface area (Å²) in [6.07, 6.45) is 0. The molecule has 0 aliphatic carbocycles. The maximum absolute atomic E-state index is 12.6. The standard InChI is InChI=1S/C19H17ClN4O4/c1-11-5-4-6-15(7-11)28-16-9-13(8-14(10-16)24(26)27)21-19(25)18-17(20)12(2)22-23(18)3/h4-10H,1-3H3,(H,21,25). The molecule has 0 unspecified atom stereocenters. The van der Waals surface area contributed by atoms with Gasteiger partial charge in [0.05, 0.1) is 27.4 Å². The summed E-state index contributed by atoms with van der Waals surface area (Å²) in [7, 11) is 1.59. The summed E-state index contributed by atoms with van der Waals surface area (Å²) in [6, 6.07) is 11.3. The molecule has 0 bridgehead atoms. The number of anilines is 1. The van der Waals surface area contributed by atoms with Crippen molar-refractivity contribution in [1.82, 2.24) is 9.78 Å². The van der Waals surface area contributed by atoms with Crippen LogP contribution < -0.4 is 10.1 Å². The van der Waals surface area contributed by atoms with Crippen LogP contribution in [0.25, 0.3) is 0 Å². The number of carbonyl (C=O) groups excluding carboxylic acids is 1. The van der Waals surface area contributed by atoms with Gasteiger partial charge in [-0.05, 0) is 31.5 Å². The molecule has 144 valence electrons. The highest BCUT2D eigenvalue weighted by atomic mass is 35.5. The molecule has 0 fully saturated rings. The third kappa shape index (κ3) is 4.12. The molecule has 1 heterocycles. The van der Waals surface area contributed by atoms with Crippen LogP contribution >= 0.6 is 11.6 Å². The molecule has 0 spiro atoms. The highest BCUT2D eigenvalue weighted by molar-refractivity contribution is 6.34. The summed E-state index contributed by atoms with van der Waals surface area (Å²) < 4.78 is 7.09. The Hall–Kier alpha value is -3.39. The van der Waals surface area contributed by atoms with Gasteiger partial charge in [-0.2, -0.15) is 5.10 Å². The predicted octanol–water partition coefficient (Wildman–Crippen LogP) is 4.64.